The van der Waals surface area contributed by atoms with Crippen LogP contribution < -0.4 is 14.2 Å². The number of ether oxygens (including phenoxy) is 4. The Labute approximate surface area is 230 Å². The fraction of sp³-hybridized carbons (Fsp3) is 0.577. The van der Waals surface area contributed by atoms with Gasteiger partial charge >= 0.3 is 6.09 Å². The lowest BCUT2D eigenvalue weighted by molar-refractivity contribution is 0.0122. The predicted molar refractivity (Wildman–Crippen MR) is 143 cm³/mol. The number of piperidine rings is 1. The van der Waals surface area contributed by atoms with Gasteiger partial charge in [0.1, 0.15) is 18.0 Å². The molecule has 4 rings (SSSR count). The van der Waals surface area contributed by atoms with Crippen LogP contribution in [0.4, 0.5) is 4.79 Å². The van der Waals surface area contributed by atoms with E-state index in [1.807, 2.05) is 39.8 Å². The van der Waals surface area contributed by atoms with Gasteiger partial charge in [-0.15, -0.1) is 0 Å². The van der Waals surface area contributed by atoms with E-state index in [1.165, 1.54) is 6.33 Å². The zero-order valence-electron chi connectivity index (χ0n) is 22.9. The second-order valence-corrected chi connectivity index (χ2v) is 11.9. The Balaban J connectivity index is 1.36. The SMILES string of the molecule is COc1cc(CC2COS(O)(O)OC2)ccc1Oc1ncnc(OC2CCN(C(=O)OC(C)(C)C)CC2)c1C. The van der Waals surface area contributed by atoms with E-state index in [-0.39, 0.29) is 31.3 Å². The molecule has 0 spiro atoms. The summed E-state index contributed by atoms with van der Waals surface area (Å²) in [6.45, 7) is 8.84. The number of rotatable bonds is 7. The van der Waals surface area contributed by atoms with Crippen molar-refractivity contribution >= 4 is 17.2 Å². The first-order valence-corrected chi connectivity index (χ1v) is 14.2. The van der Waals surface area contributed by atoms with E-state index < -0.39 is 16.8 Å². The summed E-state index contributed by atoms with van der Waals surface area (Å²) in [7, 11) is 1.55. The first-order chi connectivity index (χ1) is 18.4. The van der Waals surface area contributed by atoms with Crippen molar-refractivity contribution in [3.63, 3.8) is 0 Å². The van der Waals surface area contributed by atoms with Crippen LogP contribution in [0.2, 0.25) is 0 Å². The summed E-state index contributed by atoms with van der Waals surface area (Å²) in [6.07, 6.45) is 2.89. The summed E-state index contributed by atoms with van der Waals surface area (Å²) < 4.78 is 52.1. The summed E-state index contributed by atoms with van der Waals surface area (Å²) in [6, 6.07) is 5.55. The van der Waals surface area contributed by atoms with Crippen LogP contribution in [-0.2, 0) is 19.5 Å². The molecule has 39 heavy (non-hydrogen) atoms. The molecule has 1 amide bonds. The molecule has 2 saturated heterocycles. The van der Waals surface area contributed by atoms with Crippen LogP contribution in [0.15, 0.2) is 24.5 Å². The molecule has 0 saturated carbocycles. The third-order valence-corrected chi connectivity index (χ3v) is 7.12. The van der Waals surface area contributed by atoms with Gasteiger partial charge in [0.2, 0.25) is 22.9 Å². The van der Waals surface area contributed by atoms with Gasteiger partial charge in [0.15, 0.2) is 11.5 Å². The van der Waals surface area contributed by atoms with Gasteiger partial charge in [-0.25, -0.2) is 14.8 Å². The first-order valence-electron chi connectivity index (χ1n) is 12.8. The quantitative estimate of drug-likeness (QED) is 0.459. The summed E-state index contributed by atoms with van der Waals surface area (Å²) in [5, 5.41) is 0. The number of carbonyl (C=O) groups excluding carboxylic acids is 1. The van der Waals surface area contributed by atoms with Crippen molar-refractivity contribution in [1.82, 2.24) is 14.9 Å². The van der Waals surface area contributed by atoms with Gasteiger partial charge < -0.3 is 23.8 Å². The van der Waals surface area contributed by atoms with Crippen molar-refractivity contribution in [1.29, 1.82) is 0 Å². The molecule has 1 aromatic heterocycles. The van der Waals surface area contributed by atoms with E-state index in [2.05, 4.69) is 9.97 Å². The number of likely N-dealkylation sites (tertiary alicyclic amines) is 1. The number of aromatic nitrogens is 2. The molecule has 2 N–H and O–H groups in total. The zero-order valence-corrected chi connectivity index (χ0v) is 23.7. The predicted octanol–water partition coefficient (Wildman–Crippen LogP) is 5.15. The minimum Gasteiger partial charge on any atom is -0.493 e. The van der Waals surface area contributed by atoms with E-state index in [4.69, 9.17) is 27.3 Å². The normalized spacial score (nSPS) is 19.3. The highest BCUT2D eigenvalue weighted by Crippen LogP contribution is 2.45. The van der Waals surface area contributed by atoms with Crippen molar-refractivity contribution in [2.24, 2.45) is 5.92 Å². The van der Waals surface area contributed by atoms with Crippen molar-refractivity contribution in [2.45, 2.75) is 58.7 Å². The molecule has 2 aromatic rings. The summed E-state index contributed by atoms with van der Waals surface area (Å²) >= 11 is -3.38. The highest BCUT2D eigenvalue weighted by Gasteiger charge is 2.30. The van der Waals surface area contributed by atoms with Crippen LogP contribution in [0.1, 0.15) is 44.7 Å². The Kier molecular flexibility index (Phi) is 9.07. The van der Waals surface area contributed by atoms with Crippen LogP contribution >= 0.6 is 11.2 Å². The Bertz CT molecular complexity index is 1140. The van der Waals surface area contributed by atoms with Crippen molar-refractivity contribution in [3.05, 3.63) is 35.7 Å². The van der Waals surface area contributed by atoms with E-state index in [0.717, 1.165) is 5.56 Å². The Morgan fingerprint density at radius 1 is 1.10 bits per heavy atom. The average Bonchev–Trinajstić information content (AvgIpc) is 2.88. The molecule has 0 unspecified atom stereocenters. The Morgan fingerprint density at radius 2 is 1.77 bits per heavy atom. The number of hydrogen-bond donors (Lipinski definition) is 2. The third kappa shape index (κ3) is 8.08. The second kappa shape index (κ2) is 12.1. The van der Waals surface area contributed by atoms with Crippen LogP contribution in [-0.4, -0.2) is 75.2 Å². The fourth-order valence-corrected chi connectivity index (χ4v) is 5.02. The second-order valence-electron chi connectivity index (χ2n) is 10.6. The lowest BCUT2D eigenvalue weighted by atomic mass is 10.0. The Hall–Kier alpha value is -2.84. The topological polar surface area (TPSA) is 142 Å². The summed E-state index contributed by atoms with van der Waals surface area (Å²) in [5.74, 6) is 1.74. The van der Waals surface area contributed by atoms with Gasteiger partial charge in [-0.3, -0.25) is 17.5 Å². The molecule has 0 radical (unpaired) electrons. The number of hydrogen-bond acceptors (Lipinski definition) is 11. The fourth-order valence-electron chi connectivity index (χ4n) is 4.21. The first kappa shape index (κ1) is 29.2. The van der Waals surface area contributed by atoms with E-state index in [0.29, 0.717) is 61.2 Å². The zero-order chi connectivity index (χ0) is 28.2. The monoisotopic (exact) mass is 567 g/mol. The average molecular weight is 568 g/mol. The number of amides is 1. The van der Waals surface area contributed by atoms with Gasteiger partial charge in [0, 0.05) is 31.8 Å². The molecule has 2 aliphatic heterocycles. The molecular formula is C26H37N3O9S. The molecule has 0 aliphatic carbocycles. The molecule has 1 aromatic carbocycles. The molecule has 216 valence electrons. The van der Waals surface area contributed by atoms with Crippen molar-refractivity contribution in [2.75, 3.05) is 33.4 Å². The number of nitrogens with zero attached hydrogens (tertiary/aromatic N) is 3. The molecule has 0 atom stereocenters. The standard InChI is InChI=1S/C26H37N3O9S/c1-17-23(36-20-8-10-29(11-9-20)25(30)38-26(2,3)4)27-16-28-24(17)37-21-7-6-18(13-22(21)33-5)12-19-14-34-39(31,32)35-15-19/h6-7,13,16,19-20,31-32H,8-12,14-15H2,1-5H3. The number of carbonyl (C=O) groups is 1. The van der Waals surface area contributed by atoms with Crippen LogP contribution in [0.3, 0.4) is 0 Å². The highest BCUT2D eigenvalue weighted by molar-refractivity contribution is 8.16. The van der Waals surface area contributed by atoms with Gasteiger partial charge in [0.05, 0.1) is 25.9 Å². The van der Waals surface area contributed by atoms with Crippen molar-refractivity contribution < 1.29 is 41.2 Å². The minimum absolute atomic E-state index is 0.0267. The van der Waals surface area contributed by atoms with E-state index in [9.17, 15) is 13.9 Å². The van der Waals surface area contributed by atoms with Gasteiger partial charge in [-0.2, -0.15) is 0 Å². The maximum absolute atomic E-state index is 12.3. The Morgan fingerprint density at radius 3 is 2.41 bits per heavy atom. The van der Waals surface area contributed by atoms with E-state index >= 15 is 0 Å². The van der Waals surface area contributed by atoms with Crippen LogP contribution in [0, 0.1) is 12.8 Å². The number of benzene rings is 1. The van der Waals surface area contributed by atoms with Gasteiger partial charge in [-0.1, -0.05) is 6.07 Å². The molecule has 2 fully saturated rings. The van der Waals surface area contributed by atoms with E-state index in [1.54, 1.807) is 18.1 Å². The maximum atomic E-state index is 12.3. The maximum Gasteiger partial charge on any atom is 0.410 e. The molecule has 2 aliphatic rings. The number of methoxy groups -OCH3 is 1. The minimum atomic E-state index is -3.38. The third-order valence-electron chi connectivity index (χ3n) is 6.24. The highest BCUT2D eigenvalue weighted by atomic mass is 32.3. The van der Waals surface area contributed by atoms with Crippen LogP contribution in [0.5, 0.6) is 23.3 Å². The summed E-state index contributed by atoms with van der Waals surface area (Å²) in [5.41, 5.74) is 1.07. The molecule has 13 heteroatoms. The molecule has 3 heterocycles. The smallest absolute Gasteiger partial charge is 0.410 e. The molecule has 0 bridgehead atoms. The molecular weight excluding hydrogens is 530 g/mol. The van der Waals surface area contributed by atoms with Gasteiger partial charge in [0.25, 0.3) is 0 Å². The van der Waals surface area contributed by atoms with Crippen molar-refractivity contribution in [3.8, 4) is 23.3 Å². The lowest BCUT2D eigenvalue weighted by Crippen LogP contribution is -2.44. The summed E-state index contributed by atoms with van der Waals surface area (Å²) in [4.78, 5) is 22.6. The molecule has 12 nitrogen and oxygen atoms in total. The lowest BCUT2D eigenvalue weighted by Gasteiger charge is -2.33. The largest absolute Gasteiger partial charge is 0.493 e. The van der Waals surface area contributed by atoms with Crippen LogP contribution in [0.25, 0.3) is 0 Å². The van der Waals surface area contributed by atoms with Gasteiger partial charge in [-0.05, 0) is 51.8 Å².